The molecule has 1 aliphatic rings. The summed E-state index contributed by atoms with van der Waals surface area (Å²) in [6, 6.07) is 0. The SMILES string of the molecule is C=COC(CC)CCCCC.O=C1C=CC(=O)N1. The lowest BCUT2D eigenvalue weighted by atomic mass is 10.1. The van der Waals surface area contributed by atoms with E-state index in [1.54, 1.807) is 6.26 Å². The fourth-order valence-electron chi connectivity index (χ4n) is 1.48. The number of amides is 2. The van der Waals surface area contributed by atoms with Crippen LogP contribution >= 0.6 is 0 Å². The Kier molecular flexibility index (Phi) is 9.64. The number of nitrogens with one attached hydrogen (secondary N) is 1. The molecule has 1 rings (SSSR count). The molecule has 2 amide bonds. The van der Waals surface area contributed by atoms with Gasteiger partial charge in [-0.15, -0.1) is 0 Å². The molecule has 4 heteroatoms. The van der Waals surface area contributed by atoms with Gasteiger partial charge in [0, 0.05) is 12.2 Å². The lowest BCUT2D eigenvalue weighted by Crippen LogP contribution is -2.19. The molecule has 0 bridgehead atoms. The molecule has 0 aromatic carbocycles. The summed E-state index contributed by atoms with van der Waals surface area (Å²) in [5.41, 5.74) is 0. The van der Waals surface area contributed by atoms with Gasteiger partial charge in [-0.25, -0.2) is 0 Å². The number of hydrogen-bond donors (Lipinski definition) is 1. The van der Waals surface area contributed by atoms with Crippen molar-refractivity contribution >= 4 is 11.8 Å². The zero-order chi connectivity index (χ0) is 13.8. The highest BCUT2D eigenvalue weighted by molar-refractivity contribution is 6.12. The third kappa shape index (κ3) is 8.56. The minimum atomic E-state index is -0.329. The Morgan fingerprint density at radius 3 is 2.22 bits per heavy atom. The molecule has 102 valence electrons. The van der Waals surface area contributed by atoms with Crippen molar-refractivity contribution in [1.82, 2.24) is 5.32 Å². The van der Waals surface area contributed by atoms with Crippen molar-refractivity contribution in [3.8, 4) is 0 Å². The number of carbonyl (C=O) groups excluding carboxylic acids is 2. The van der Waals surface area contributed by atoms with E-state index >= 15 is 0 Å². The standard InChI is InChI=1S/C10H20O.C4H3NO2/c1-4-7-8-9-10(5-2)11-6-3;6-3-1-2-4(7)5-3/h6,10H,3-5,7-9H2,1-2H3;1-2H,(H,5,6,7). The molecule has 0 fully saturated rings. The number of hydrogen-bond acceptors (Lipinski definition) is 3. The number of carbonyl (C=O) groups is 2. The third-order valence-electron chi connectivity index (χ3n) is 2.51. The van der Waals surface area contributed by atoms with E-state index in [1.807, 2.05) is 5.32 Å². The Morgan fingerprint density at radius 1 is 1.28 bits per heavy atom. The predicted octanol–water partition coefficient (Wildman–Crippen LogP) is 2.70. The van der Waals surface area contributed by atoms with Crippen LogP contribution in [0.1, 0.15) is 46.0 Å². The van der Waals surface area contributed by atoms with Crippen LogP contribution in [0.2, 0.25) is 0 Å². The van der Waals surface area contributed by atoms with Crippen molar-refractivity contribution in [2.24, 2.45) is 0 Å². The number of imide groups is 1. The molecule has 4 nitrogen and oxygen atoms in total. The van der Waals surface area contributed by atoms with E-state index in [2.05, 4.69) is 20.4 Å². The van der Waals surface area contributed by atoms with Crippen molar-refractivity contribution in [3.63, 3.8) is 0 Å². The fourth-order valence-corrected chi connectivity index (χ4v) is 1.48. The molecule has 1 unspecified atom stereocenters. The number of unbranched alkanes of at least 4 members (excludes halogenated alkanes) is 2. The van der Waals surface area contributed by atoms with Crippen LogP contribution in [0.15, 0.2) is 25.0 Å². The average Bonchev–Trinajstić information content (AvgIpc) is 2.73. The molecule has 1 N–H and O–H groups in total. The Hall–Kier alpha value is -1.58. The van der Waals surface area contributed by atoms with Gasteiger partial charge in [0.05, 0.1) is 12.4 Å². The van der Waals surface area contributed by atoms with Crippen LogP contribution in [0.25, 0.3) is 0 Å². The zero-order valence-electron chi connectivity index (χ0n) is 11.3. The lowest BCUT2D eigenvalue weighted by Gasteiger charge is -2.13. The summed E-state index contributed by atoms with van der Waals surface area (Å²) in [4.78, 5) is 20.1. The molecule has 0 saturated carbocycles. The molecule has 1 heterocycles. The first-order chi connectivity index (χ1) is 8.63. The van der Waals surface area contributed by atoms with E-state index in [1.165, 1.54) is 37.8 Å². The van der Waals surface area contributed by atoms with Crippen molar-refractivity contribution in [1.29, 1.82) is 0 Å². The second-order valence-corrected chi connectivity index (χ2v) is 4.02. The summed E-state index contributed by atoms with van der Waals surface area (Å²) < 4.78 is 5.30. The highest BCUT2D eigenvalue weighted by Gasteiger charge is 2.06. The smallest absolute Gasteiger partial charge is 0.250 e. The topological polar surface area (TPSA) is 55.4 Å². The van der Waals surface area contributed by atoms with Crippen LogP contribution in [0.5, 0.6) is 0 Å². The Morgan fingerprint density at radius 2 is 1.89 bits per heavy atom. The summed E-state index contributed by atoms with van der Waals surface area (Å²) >= 11 is 0. The highest BCUT2D eigenvalue weighted by Crippen LogP contribution is 2.09. The highest BCUT2D eigenvalue weighted by atomic mass is 16.5. The molecule has 18 heavy (non-hydrogen) atoms. The molecule has 1 aliphatic heterocycles. The van der Waals surface area contributed by atoms with Gasteiger partial charge in [-0.05, 0) is 19.3 Å². The second kappa shape index (κ2) is 10.6. The summed E-state index contributed by atoms with van der Waals surface area (Å²) in [6.45, 7) is 7.92. The quantitative estimate of drug-likeness (QED) is 0.431. The Labute approximate surface area is 109 Å². The number of ether oxygens (including phenoxy) is 1. The monoisotopic (exact) mass is 253 g/mol. The normalized spacial score (nSPS) is 14.6. The van der Waals surface area contributed by atoms with E-state index in [-0.39, 0.29) is 11.8 Å². The predicted molar refractivity (Wildman–Crippen MR) is 71.8 cm³/mol. The van der Waals surface area contributed by atoms with Gasteiger partial charge in [-0.3, -0.25) is 14.9 Å². The van der Waals surface area contributed by atoms with Gasteiger partial charge in [0.1, 0.15) is 0 Å². The average molecular weight is 253 g/mol. The van der Waals surface area contributed by atoms with Gasteiger partial charge in [0.2, 0.25) is 0 Å². The first kappa shape index (κ1) is 16.4. The van der Waals surface area contributed by atoms with E-state index in [0.29, 0.717) is 6.10 Å². The van der Waals surface area contributed by atoms with E-state index in [0.717, 1.165) is 6.42 Å². The Bertz CT molecular complexity index is 281. The van der Waals surface area contributed by atoms with Crippen LogP contribution in [0, 0.1) is 0 Å². The second-order valence-electron chi connectivity index (χ2n) is 4.02. The molecular formula is C14H23NO3. The maximum atomic E-state index is 10.0. The van der Waals surface area contributed by atoms with Crippen LogP contribution < -0.4 is 5.32 Å². The molecule has 0 saturated heterocycles. The summed E-state index contributed by atoms with van der Waals surface area (Å²) in [5.74, 6) is -0.657. The lowest BCUT2D eigenvalue weighted by molar-refractivity contribution is -0.123. The van der Waals surface area contributed by atoms with Crippen LogP contribution in [-0.2, 0) is 14.3 Å². The van der Waals surface area contributed by atoms with Crippen molar-refractivity contribution < 1.29 is 14.3 Å². The van der Waals surface area contributed by atoms with Crippen LogP contribution in [0.4, 0.5) is 0 Å². The maximum absolute atomic E-state index is 10.0. The summed E-state index contributed by atoms with van der Waals surface area (Å²) in [6.07, 6.45) is 10.5. The first-order valence-electron chi connectivity index (χ1n) is 6.43. The molecule has 0 aliphatic carbocycles. The van der Waals surface area contributed by atoms with Gasteiger partial charge in [-0.1, -0.05) is 33.3 Å². The number of rotatable bonds is 7. The summed E-state index contributed by atoms with van der Waals surface area (Å²) in [5, 5.41) is 2.03. The Balaban J connectivity index is 0.000000351. The first-order valence-corrected chi connectivity index (χ1v) is 6.43. The molecule has 0 radical (unpaired) electrons. The van der Waals surface area contributed by atoms with Crippen LogP contribution in [0.3, 0.4) is 0 Å². The molecular weight excluding hydrogens is 230 g/mol. The molecule has 0 aromatic heterocycles. The van der Waals surface area contributed by atoms with E-state index < -0.39 is 0 Å². The fraction of sp³-hybridized carbons (Fsp3) is 0.571. The van der Waals surface area contributed by atoms with E-state index in [4.69, 9.17) is 4.74 Å². The third-order valence-corrected chi connectivity index (χ3v) is 2.51. The van der Waals surface area contributed by atoms with Gasteiger partial charge >= 0.3 is 0 Å². The zero-order valence-corrected chi connectivity index (χ0v) is 11.3. The summed E-state index contributed by atoms with van der Waals surface area (Å²) in [7, 11) is 0. The largest absolute Gasteiger partial charge is 0.499 e. The minimum Gasteiger partial charge on any atom is -0.499 e. The van der Waals surface area contributed by atoms with Crippen LogP contribution in [-0.4, -0.2) is 17.9 Å². The van der Waals surface area contributed by atoms with Gasteiger partial charge in [0.25, 0.3) is 11.8 Å². The maximum Gasteiger partial charge on any atom is 0.250 e. The molecule has 0 spiro atoms. The van der Waals surface area contributed by atoms with Gasteiger partial charge < -0.3 is 4.74 Å². The molecule has 0 aromatic rings. The minimum absolute atomic E-state index is 0.329. The van der Waals surface area contributed by atoms with Crippen molar-refractivity contribution in [2.75, 3.05) is 0 Å². The van der Waals surface area contributed by atoms with Gasteiger partial charge in [0.15, 0.2) is 0 Å². The van der Waals surface area contributed by atoms with Gasteiger partial charge in [-0.2, -0.15) is 0 Å². The van der Waals surface area contributed by atoms with E-state index in [9.17, 15) is 9.59 Å². The van der Waals surface area contributed by atoms with Crippen molar-refractivity contribution in [2.45, 2.75) is 52.1 Å². The molecule has 1 atom stereocenters. The van der Waals surface area contributed by atoms with Crippen molar-refractivity contribution in [3.05, 3.63) is 25.0 Å².